The first-order valence-corrected chi connectivity index (χ1v) is 5.47. The number of nitrogens with zero attached hydrogens (tertiary/aromatic N) is 2. The summed E-state index contributed by atoms with van der Waals surface area (Å²) in [5.74, 6) is 0.739. The second-order valence-electron chi connectivity index (χ2n) is 2.88. The van der Waals surface area contributed by atoms with Crippen molar-refractivity contribution >= 4 is 12.1 Å². The molecule has 1 rings (SSSR count). The SMILES string of the molecule is C=CC=NC(=NC)c1ccccc1C.CC. The van der Waals surface area contributed by atoms with E-state index in [4.69, 9.17) is 0 Å². The molecule has 0 aliphatic rings. The minimum Gasteiger partial charge on any atom is -0.270 e. The molecule has 0 spiro atoms. The summed E-state index contributed by atoms with van der Waals surface area (Å²) in [5, 5.41) is 0. The number of hydrogen-bond acceptors (Lipinski definition) is 1. The number of rotatable bonds is 2. The van der Waals surface area contributed by atoms with Crippen LogP contribution in [0.5, 0.6) is 0 Å². The zero-order valence-corrected chi connectivity index (χ0v) is 10.6. The van der Waals surface area contributed by atoms with Crippen molar-refractivity contribution in [1.82, 2.24) is 0 Å². The fraction of sp³-hybridized carbons (Fsp3) is 0.286. The molecule has 1 aromatic rings. The lowest BCUT2D eigenvalue weighted by Crippen LogP contribution is -1.99. The molecule has 2 nitrogen and oxygen atoms in total. The topological polar surface area (TPSA) is 24.7 Å². The number of benzene rings is 1. The van der Waals surface area contributed by atoms with Crippen molar-refractivity contribution in [3.8, 4) is 0 Å². The quantitative estimate of drug-likeness (QED) is 0.532. The van der Waals surface area contributed by atoms with Gasteiger partial charge in [0.1, 0.15) is 0 Å². The highest BCUT2D eigenvalue weighted by molar-refractivity contribution is 6.04. The predicted molar refractivity (Wildman–Crippen MR) is 73.7 cm³/mol. The molecule has 1 aromatic carbocycles. The second kappa shape index (κ2) is 8.60. The Hall–Kier alpha value is -1.70. The van der Waals surface area contributed by atoms with Crippen LogP contribution >= 0.6 is 0 Å². The molecule has 0 bridgehead atoms. The molecule has 86 valence electrons. The van der Waals surface area contributed by atoms with Crippen LogP contribution in [-0.4, -0.2) is 19.1 Å². The average Bonchev–Trinajstić information content (AvgIpc) is 2.35. The summed E-state index contributed by atoms with van der Waals surface area (Å²) in [6, 6.07) is 8.04. The maximum atomic E-state index is 4.20. The zero-order valence-electron chi connectivity index (χ0n) is 10.6. The lowest BCUT2D eigenvalue weighted by atomic mass is 10.1. The van der Waals surface area contributed by atoms with Gasteiger partial charge in [-0.25, -0.2) is 4.99 Å². The Morgan fingerprint density at radius 1 is 1.25 bits per heavy atom. The van der Waals surface area contributed by atoms with E-state index in [1.54, 1.807) is 19.3 Å². The molecular weight excluding hydrogens is 196 g/mol. The molecule has 16 heavy (non-hydrogen) atoms. The number of allylic oxidation sites excluding steroid dienone is 1. The molecule has 0 saturated heterocycles. The van der Waals surface area contributed by atoms with Gasteiger partial charge in [0.15, 0.2) is 5.84 Å². The fourth-order valence-corrected chi connectivity index (χ4v) is 1.19. The van der Waals surface area contributed by atoms with Gasteiger partial charge >= 0.3 is 0 Å². The number of aliphatic imine (C=N–C) groups is 2. The van der Waals surface area contributed by atoms with Gasteiger partial charge in [0.25, 0.3) is 0 Å². The zero-order chi connectivity index (χ0) is 12.4. The maximum Gasteiger partial charge on any atom is 0.154 e. The van der Waals surface area contributed by atoms with Crippen LogP contribution in [0.2, 0.25) is 0 Å². The standard InChI is InChI=1S/C12H14N2.C2H6/c1-4-9-14-12(13-3)11-8-6-5-7-10(11)2;1-2/h4-9H,1H2,2-3H3;1-2H3. The van der Waals surface area contributed by atoms with Gasteiger partial charge in [0.2, 0.25) is 0 Å². The largest absolute Gasteiger partial charge is 0.270 e. The van der Waals surface area contributed by atoms with Gasteiger partial charge in [-0.1, -0.05) is 50.8 Å². The highest BCUT2D eigenvalue weighted by Gasteiger charge is 2.01. The van der Waals surface area contributed by atoms with E-state index in [1.165, 1.54) is 5.56 Å². The highest BCUT2D eigenvalue weighted by atomic mass is 14.9. The van der Waals surface area contributed by atoms with E-state index < -0.39 is 0 Å². The maximum absolute atomic E-state index is 4.20. The van der Waals surface area contributed by atoms with Crippen molar-refractivity contribution in [1.29, 1.82) is 0 Å². The first-order chi connectivity index (χ1) is 7.79. The van der Waals surface area contributed by atoms with Crippen LogP contribution < -0.4 is 0 Å². The van der Waals surface area contributed by atoms with Crippen LogP contribution in [-0.2, 0) is 0 Å². The van der Waals surface area contributed by atoms with Gasteiger partial charge in [-0.15, -0.1) is 0 Å². The third-order valence-corrected chi connectivity index (χ3v) is 1.90. The molecule has 0 amide bonds. The van der Waals surface area contributed by atoms with Gasteiger partial charge in [0, 0.05) is 18.8 Å². The van der Waals surface area contributed by atoms with Crippen molar-refractivity contribution in [3.05, 3.63) is 48.0 Å². The molecule has 0 aliphatic carbocycles. The molecule has 0 unspecified atom stereocenters. The Morgan fingerprint density at radius 2 is 1.88 bits per heavy atom. The number of amidine groups is 1. The summed E-state index contributed by atoms with van der Waals surface area (Å²) in [6.45, 7) is 9.62. The summed E-state index contributed by atoms with van der Waals surface area (Å²) in [6.07, 6.45) is 3.29. The lowest BCUT2D eigenvalue weighted by Gasteiger charge is -2.03. The Balaban J connectivity index is 0.00000106. The van der Waals surface area contributed by atoms with Crippen molar-refractivity contribution in [2.75, 3.05) is 7.05 Å². The highest BCUT2D eigenvalue weighted by Crippen LogP contribution is 2.08. The fourth-order valence-electron chi connectivity index (χ4n) is 1.19. The predicted octanol–water partition coefficient (Wildman–Crippen LogP) is 3.65. The number of aryl methyl sites for hydroxylation is 1. The van der Waals surface area contributed by atoms with E-state index in [0.29, 0.717) is 0 Å². The van der Waals surface area contributed by atoms with E-state index in [1.807, 2.05) is 45.0 Å². The van der Waals surface area contributed by atoms with Gasteiger partial charge in [-0.05, 0) is 12.5 Å². The van der Waals surface area contributed by atoms with Crippen LogP contribution in [0.15, 0.2) is 46.9 Å². The van der Waals surface area contributed by atoms with Crippen LogP contribution in [0, 0.1) is 6.92 Å². The molecule has 0 aromatic heterocycles. The molecule has 0 N–H and O–H groups in total. The summed E-state index contributed by atoms with van der Waals surface area (Å²) < 4.78 is 0. The van der Waals surface area contributed by atoms with E-state index >= 15 is 0 Å². The van der Waals surface area contributed by atoms with Gasteiger partial charge in [0.05, 0.1) is 0 Å². The molecule has 0 aliphatic heterocycles. The number of hydrogen-bond donors (Lipinski definition) is 0. The van der Waals surface area contributed by atoms with E-state index in [-0.39, 0.29) is 0 Å². The lowest BCUT2D eigenvalue weighted by molar-refractivity contribution is 1.35. The van der Waals surface area contributed by atoms with Crippen LogP contribution in [0.1, 0.15) is 25.0 Å². The third kappa shape index (κ3) is 4.22. The molecule has 0 fully saturated rings. The minimum absolute atomic E-state index is 0.739. The Morgan fingerprint density at radius 3 is 2.38 bits per heavy atom. The first kappa shape index (κ1) is 14.3. The van der Waals surface area contributed by atoms with Crippen LogP contribution in [0.4, 0.5) is 0 Å². The first-order valence-electron chi connectivity index (χ1n) is 5.47. The Bertz CT molecular complexity index is 376. The summed E-state index contributed by atoms with van der Waals surface area (Å²) >= 11 is 0. The smallest absolute Gasteiger partial charge is 0.154 e. The van der Waals surface area contributed by atoms with Crippen molar-refractivity contribution in [2.24, 2.45) is 9.98 Å². The third-order valence-electron chi connectivity index (χ3n) is 1.90. The van der Waals surface area contributed by atoms with Crippen LogP contribution in [0.3, 0.4) is 0 Å². The minimum atomic E-state index is 0.739. The second-order valence-corrected chi connectivity index (χ2v) is 2.88. The van der Waals surface area contributed by atoms with Gasteiger partial charge < -0.3 is 0 Å². The molecule has 2 heteroatoms. The molecule has 0 heterocycles. The van der Waals surface area contributed by atoms with Crippen LogP contribution in [0.25, 0.3) is 0 Å². The van der Waals surface area contributed by atoms with Gasteiger partial charge in [-0.2, -0.15) is 0 Å². The molecule has 0 radical (unpaired) electrons. The van der Waals surface area contributed by atoms with E-state index in [0.717, 1.165) is 11.4 Å². The monoisotopic (exact) mass is 216 g/mol. The average molecular weight is 216 g/mol. The molecule has 0 atom stereocenters. The molecular formula is C14H20N2. The van der Waals surface area contributed by atoms with E-state index in [9.17, 15) is 0 Å². The Kier molecular flexibility index (Phi) is 7.68. The van der Waals surface area contributed by atoms with Crippen molar-refractivity contribution in [2.45, 2.75) is 20.8 Å². The molecule has 0 saturated carbocycles. The Labute approximate surface area is 98.5 Å². The van der Waals surface area contributed by atoms with Crippen molar-refractivity contribution in [3.63, 3.8) is 0 Å². The summed E-state index contributed by atoms with van der Waals surface area (Å²) in [4.78, 5) is 8.33. The summed E-state index contributed by atoms with van der Waals surface area (Å²) in [7, 11) is 1.74. The normalized spacial score (nSPS) is 10.9. The summed E-state index contributed by atoms with van der Waals surface area (Å²) in [5.41, 5.74) is 2.24. The van der Waals surface area contributed by atoms with Crippen molar-refractivity contribution < 1.29 is 0 Å². The van der Waals surface area contributed by atoms with Gasteiger partial charge in [-0.3, -0.25) is 4.99 Å². The van der Waals surface area contributed by atoms with E-state index in [2.05, 4.69) is 16.6 Å².